The Morgan fingerprint density at radius 2 is 1.89 bits per heavy atom. The molecule has 4 atom stereocenters. The maximum Gasteiger partial charge on any atom is 0.167 e. The van der Waals surface area contributed by atoms with Crippen LogP contribution in [-0.2, 0) is 26.0 Å². The third-order valence-corrected chi connectivity index (χ3v) is 9.94. The van der Waals surface area contributed by atoms with Gasteiger partial charge in [0.1, 0.15) is 36.0 Å². The molecule has 4 aromatic rings. The third kappa shape index (κ3) is 5.84. The van der Waals surface area contributed by atoms with Crippen molar-refractivity contribution >= 4 is 28.0 Å². The molecule has 0 radical (unpaired) electrons. The molecule has 2 aliphatic heterocycles. The number of fused-ring (bicyclic) bond motifs is 3. The fraction of sp³-hybridized carbons (Fsp3) is 0.647. The molecule has 0 unspecified atom stereocenters. The van der Waals surface area contributed by atoms with E-state index in [4.69, 9.17) is 24.9 Å². The van der Waals surface area contributed by atoms with Gasteiger partial charge in [0.15, 0.2) is 23.5 Å². The van der Waals surface area contributed by atoms with Crippen LogP contribution in [0.4, 0.5) is 5.82 Å². The summed E-state index contributed by atoms with van der Waals surface area (Å²) in [5.41, 5.74) is 10.9. The van der Waals surface area contributed by atoms with Gasteiger partial charge < -0.3 is 24.9 Å². The number of H-pyrrole nitrogens is 1. The Kier molecular flexibility index (Phi) is 7.66. The first-order valence-electron chi connectivity index (χ1n) is 16.6. The number of nitrogens with two attached hydrogens (primary N) is 1. The highest BCUT2D eigenvalue weighted by Crippen LogP contribution is 2.45. The van der Waals surface area contributed by atoms with Crippen molar-refractivity contribution in [1.82, 2.24) is 34.4 Å². The van der Waals surface area contributed by atoms with Gasteiger partial charge in [-0.1, -0.05) is 26.8 Å². The standard InChI is InChI=1S/C34H48N8O3/c1-19(2)41(22-13-20(14-22)9-8-10-26-39-23-12-11-21(33(3,4)5)15-24(23)40-26)16-25-28-29(45-34(6,7)44-28)32(43-25)42-18-38-27-30(35)36-17-37-31(27)42/h11-12,15,17-20,22,25,28-29,32H,8-10,13-14,16H2,1-7H3,(H,39,40)(H2,35,36,37)/t20-,22+,25-,28-,29-,32-/m1/s1. The van der Waals surface area contributed by atoms with Gasteiger partial charge in [0.05, 0.1) is 17.4 Å². The third-order valence-electron chi connectivity index (χ3n) is 9.94. The topological polar surface area (TPSA) is 129 Å². The summed E-state index contributed by atoms with van der Waals surface area (Å²) >= 11 is 0. The predicted octanol–water partition coefficient (Wildman–Crippen LogP) is 5.51. The molecule has 45 heavy (non-hydrogen) atoms. The minimum Gasteiger partial charge on any atom is -0.382 e. The van der Waals surface area contributed by atoms with E-state index in [9.17, 15) is 0 Å². The molecular weight excluding hydrogens is 568 g/mol. The quantitative estimate of drug-likeness (QED) is 0.250. The lowest BCUT2D eigenvalue weighted by atomic mass is 9.76. The van der Waals surface area contributed by atoms with Crippen LogP contribution in [0.5, 0.6) is 0 Å². The molecule has 0 amide bonds. The normalized spacial score (nSPS) is 28.0. The lowest BCUT2D eigenvalue weighted by Crippen LogP contribution is -2.52. The van der Waals surface area contributed by atoms with Crippen molar-refractivity contribution in [2.45, 2.75) is 128 Å². The molecular formula is C34H48N8O3. The number of aryl methyl sites for hydroxylation is 1. The molecule has 242 valence electrons. The Labute approximate surface area is 265 Å². The van der Waals surface area contributed by atoms with Crippen molar-refractivity contribution in [2.24, 2.45) is 5.92 Å². The highest BCUT2D eigenvalue weighted by Gasteiger charge is 2.57. The molecule has 5 heterocycles. The summed E-state index contributed by atoms with van der Waals surface area (Å²) in [6, 6.07) is 7.55. The monoisotopic (exact) mass is 616 g/mol. The van der Waals surface area contributed by atoms with Crippen LogP contribution in [0.25, 0.3) is 22.2 Å². The number of aromatic nitrogens is 6. The average Bonchev–Trinajstić information content (AvgIpc) is 3.69. The van der Waals surface area contributed by atoms with Crippen LogP contribution < -0.4 is 5.73 Å². The van der Waals surface area contributed by atoms with Crippen molar-refractivity contribution in [3.8, 4) is 0 Å². The minimum atomic E-state index is -0.695. The van der Waals surface area contributed by atoms with E-state index in [0.717, 1.165) is 42.2 Å². The predicted molar refractivity (Wildman–Crippen MR) is 174 cm³/mol. The average molecular weight is 617 g/mol. The lowest BCUT2D eigenvalue weighted by molar-refractivity contribution is -0.199. The molecule has 1 saturated carbocycles. The molecule has 3 N–H and O–H groups in total. The van der Waals surface area contributed by atoms with Gasteiger partial charge in [0.25, 0.3) is 0 Å². The maximum absolute atomic E-state index is 6.72. The van der Waals surface area contributed by atoms with Crippen molar-refractivity contribution in [2.75, 3.05) is 12.3 Å². The number of aromatic amines is 1. The first-order valence-corrected chi connectivity index (χ1v) is 16.6. The van der Waals surface area contributed by atoms with Crippen molar-refractivity contribution in [3.05, 3.63) is 42.2 Å². The van der Waals surface area contributed by atoms with Gasteiger partial charge in [0.2, 0.25) is 0 Å². The maximum atomic E-state index is 6.72. The molecule has 0 bridgehead atoms. The van der Waals surface area contributed by atoms with Crippen LogP contribution in [0.1, 0.15) is 91.8 Å². The Bertz CT molecular complexity index is 1670. The molecule has 3 fully saturated rings. The van der Waals surface area contributed by atoms with E-state index in [0.29, 0.717) is 29.1 Å². The molecule has 3 aromatic heterocycles. The summed E-state index contributed by atoms with van der Waals surface area (Å²) in [6.07, 6.45) is 7.93. The van der Waals surface area contributed by atoms with Gasteiger partial charge in [-0.05, 0) is 82.4 Å². The second-order valence-corrected chi connectivity index (χ2v) is 15.1. The number of nitrogens with zero attached hydrogens (tertiary/aromatic N) is 6. The first-order chi connectivity index (χ1) is 21.4. The summed E-state index contributed by atoms with van der Waals surface area (Å²) in [4.78, 5) is 24.1. The van der Waals surface area contributed by atoms with E-state index in [1.807, 2.05) is 18.4 Å². The molecule has 0 spiro atoms. The molecule has 1 aliphatic carbocycles. The van der Waals surface area contributed by atoms with E-state index < -0.39 is 12.0 Å². The van der Waals surface area contributed by atoms with E-state index in [-0.39, 0.29) is 23.7 Å². The summed E-state index contributed by atoms with van der Waals surface area (Å²) in [7, 11) is 0. The molecule has 2 saturated heterocycles. The van der Waals surface area contributed by atoms with Gasteiger partial charge >= 0.3 is 0 Å². The van der Waals surface area contributed by atoms with Crippen LogP contribution in [0.2, 0.25) is 0 Å². The van der Waals surface area contributed by atoms with Gasteiger partial charge in [-0.15, -0.1) is 0 Å². The summed E-state index contributed by atoms with van der Waals surface area (Å²) in [6.45, 7) is 16.0. The van der Waals surface area contributed by atoms with E-state index in [2.05, 4.69) is 77.7 Å². The van der Waals surface area contributed by atoms with Crippen molar-refractivity contribution in [3.63, 3.8) is 0 Å². The van der Waals surface area contributed by atoms with Gasteiger partial charge in [-0.25, -0.2) is 19.9 Å². The van der Waals surface area contributed by atoms with Crippen LogP contribution in [-0.4, -0.2) is 77.1 Å². The second-order valence-electron chi connectivity index (χ2n) is 15.1. The summed E-state index contributed by atoms with van der Waals surface area (Å²) in [5.74, 6) is 1.50. The number of ether oxygens (including phenoxy) is 3. The van der Waals surface area contributed by atoms with E-state index in [1.165, 1.54) is 31.2 Å². The summed E-state index contributed by atoms with van der Waals surface area (Å²) in [5, 5.41) is 0. The Morgan fingerprint density at radius 1 is 1.11 bits per heavy atom. The Balaban J connectivity index is 0.970. The zero-order chi connectivity index (χ0) is 31.7. The van der Waals surface area contributed by atoms with Gasteiger partial charge in [-0.2, -0.15) is 0 Å². The zero-order valence-electron chi connectivity index (χ0n) is 27.7. The number of imidazole rings is 2. The summed E-state index contributed by atoms with van der Waals surface area (Å²) < 4.78 is 21.5. The second kappa shape index (κ2) is 11.3. The highest BCUT2D eigenvalue weighted by molar-refractivity contribution is 5.81. The van der Waals surface area contributed by atoms with E-state index in [1.54, 1.807) is 6.33 Å². The minimum absolute atomic E-state index is 0.124. The van der Waals surface area contributed by atoms with Crippen LogP contribution in [0.3, 0.4) is 0 Å². The number of hydrogen-bond donors (Lipinski definition) is 2. The van der Waals surface area contributed by atoms with Gasteiger partial charge in [0, 0.05) is 25.0 Å². The highest BCUT2D eigenvalue weighted by atomic mass is 16.8. The number of nitrogens with one attached hydrogen (secondary N) is 1. The number of benzene rings is 1. The molecule has 3 aliphatic rings. The van der Waals surface area contributed by atoms with E-state index >= 15 is 0 Å². The zero-order valence-corrected chi connectivity index (χ0v) is 27.7. The smallest absolute Gasteiger partial charge is 0.167 e. The first kappa shape index (κ1) is 30.5. The largest absolute Gasteiger partial charge is 0.382 e. The van der Waals surface area contributed by atoms with Crippen LogP contribution >= 0.6 is 0 Å². The number of hydrogen-bond acceptors (Lipinski definition) is 9. The van der Waals surface area contributed by atoms with Crippen LogP contribution in [0.15, 0.2) is 30.9 Å². The molecule has 11 nitrogen and oxygen atoms in total. The van der Waals surface area contributed by atoms with Gasteiger partial charge in [-0.3, -0.25) is 9.47 Å². The fourth-order valence-corrected chi connectivity index (χ4v) is 7.48. The number of nitrogen functional groups attached to an aromatic ring is 1. The molecule has 7 rings (SSSR count). The van der Waals surface area contributed by atoms with Crippen molar-refractivity contribution < 1.29 is 14.2 Å². The Hall–Kier alpha value is -3.12. The fourth-order valence-electron chi connectivity index (χ4n) is 7.48. The molecule has 1 aromatic carbocycles. The SMILES string of the molecule is CC(C)N(C[C@H]1O[C@@H](n2cnc3c(N)ncnc32)[C@@H]2OC(C)(C)O[C@@H]21)[C@H]1C[C@@H](CCCc2nc3cc(C(C)(C)C)ccc3[nH]2)C1. The number of rotatable bonds is 9. The van der Waals surface area contributed by atoms with Crippen LogP contribution in [0, 0.1) is 5.92 Å². The Morgan fingerprint density at radius 3 is 2.64 bits per heavy atom. The lowest BCUT2D eigenvalue weighted by Gasteiger charge is -2.46. The number of anilines is 1. The molecule has 11 heteroatoms. The van der Waals surface area contributed by atoms with Crippen molar-refractivity contribution in [1.29, 1.82) is 0 Å².